The lowest BCUT2D eigenvalue weighted by Gasteiger charge is -2.25. The van der Waals surface area contributed by atoms with Crippen molar-refractivity contribution in [2.24, 2.45) is 5.41 Å². The highest BCUT2D eigenvalue weighted by Crippen LogP contribution is 2.22. The van der Waals surface area contributed by atoms with Crippen LogP contribution in [0.2, 0.25) is 0 Å². The Labute approximate surface area is 120 Å². The molecule has 20 heavy (non-hydrogen) atoms. The quantitative estimate of drug-likeness (QED) is 0.777. The number of hydrogen-bond acceptors (Lipinski definition) is 4. The largest absolute Gasteiger partial charge is 0.481 e. The number of carboxylic acid groups (broad SMARTS) is 1. The van der Waals surface area contributed by atoms with E-state index in [2.05, 4.69) is 4.90 Å². The van der Waals surface area contributed by atoms with Crippen LogP contribution in [0.1, 0.15) is 26.7 Å². The fraction of sp³-hybridized carbons (Fsp3) is 0.857. The van der Waals surface area contributed by atoms with Crippen molar-refractivity contribution in [1.29, 1.82) is 0 Å². The number of methoxy groups -OCH3 is 1. The molecule has 0 aromatic rings. The van der Waals surface area contributed by atoms with Crippen LogP contribution >= 0.6 is 0 Å². The Kier molecular flexibility index (Phi) is 6.42. The summed E-state index contributed by atoms with van der Waals surface area (Å²) in [6, 6.07) is 0. The lowest BCUT2D eigenvalue weighted by Crippen LogP contribution is -2.39. The number of carbonyl (C=O) groups excluding carboxylic acids is 1. The molecule has 1 heterocycles. The van der Waals surface area contributed by atoms with Crippen molar-refractivity contribution in [3.05, 3.63) is 0 Å². The highest BCUT2D eigenvalue weighted by atomic mass is 16.5. The Bertz CT molecular complexity index is 344. The zero-order valence-corrected chi connectivity index (χ0v) is 12.7. The van der Waals surface area contributed by atoms with Gasteiger partial charge in [0.1, 0.15) is 0 Å². The Morgan fingerprint density at radius 1 is 1.20 bits per heavy atom. The molecule has 0 aliphatic carbocycles. The molecule has 0 radical (unpaired) electrons. The molecule has 1 aliphatic heterocycles. The van der Waals surface area contributed by atoms with Gasteiger partial charge in [-0.25, -0.2) is 0 Å². The molecule has 116 valence electrons. The Morgan fingerprint density at radius 2 is 1.90 bits per heavy atom. The molecular formula is C14H26N2O4. The SMILES string of the molecule is COCCN1CCCN(C(=O)CC(C)(C)C(=O)O)CC1. The van der Waals surface area contributed by atoms with E-state index >= 15 is 0 Å². The topological polar surface area (TPSA) is 70.1 Å². The summed E-state index contributed by atoms with van der Waals surface area (Å²) in [5.41, 5.74) is -1.00. The summed E-state index contributed by atoms with van der Waals surface area (Å²) in [6.07, 6.45) is 0.976. The highest BCUT2D eigenvalue weighted by Gasteiger charge is 2.32. The van der Waals surface area contributed by atoms with Crippen LogP contribution in [-0.4, -0.2) is 73.2 Å². The summed E-state index contributed by atoms with van der Waals surface area (Å²) in [7, 11) is 1.68. The molecular weight excluding hydrogens is 260 g/mol. The molecule has 1 fully saturated rings. The molecule has 0 atom stereocenters. The van der Waals surface area contributed by atoms with Crippen LogP contribution in [0.25, 0.3) is 0 Å². The molecule has 6 nitrogen and oxygen atoms in total. The van der Waals surface area contributed by atoms with Crippen molar-refractivity contribution in [3.8, 4) is 0 Å². The molecule has 1 saturated heterocycles. The molecule has 1 amide bonds. The zero-order chi connectivity index (χ0) is 15.2. The van der Waals surface area contributed by atoms with Crippen LogP contribution in [0, 0.1) is 5.41 Å². The molecule has 1 aliphatic rings. The van der Waals surface area contributed by atoms with E-state index in [9.17, 15) is 9.59 Å². The van der Waals surface area contributed by atoms with E-state index in [0.29, 0.717) is 19.7 Å². The molecule has 6 heteroatoms. The summed E-state index contributed by atoms with van der Waals surface area (Å²) >= 11 is 0. The molecule has 1 N–H and O–H groups in total. The van der Waals surface area contributed by atoms with Gasteiger partial charge in [-0.15, -0.1) is 0 Å². The third-order valence-corrected chi connectivity index (χ3v) is 3.72. The lowest BCUT2D eigenvalue weighted by atomic mass is 9.89. The first-order chi connectivity index (χ1) is 9.36. The van der Waals surface area contributed by atoms with Crippen LogP contribution < -0.4 is 0 Å². The molecule has 0 saturated carbocycles. The van der Waals surface area contributed by atoms with Gasteiger partial charge >= 0.3 is 5.97 Å². The van der Waals surface area contributed by atoms with Gasteiger partial charge in [-0.2, -0.15) is 0 Å². The van der Waals surface area contributed by atoms with E-state index in [1.165, 1.54) is 0 Å². The first kappa shape index (κ1) is 16.9. The van der Waals surface area contributed by atoms with Crippen LogP contribution in [0.3, 0.4) is 0 Å². The average Bonchev–Trinajstić information content (AvgIpc) is 2.61. The van der Waals surface area contributed by atoms with Crippen molar-refractivity contribution < 1.29 is 19.4 Å². The minimum atomic E-state index is -1.00. The second kappa shape index (κ2) is 7.59. The summed E-state index contributed by atoms with van der Waals surface area (Å²) in [5.74, 6) is -0.992. The minimum absolute atomic E-state index is 0.0560. The number of aliphatic carboxylic acids is 1. The molecule has 0 bridgehead atoms. The van der Waals surface area contributed by atoms with Gasteiger partial charge in [-0.05, 0) is 26.8 Å². The predicted octanol–water partition coefficient (Wildman–Crippen LogP) is 0.668. The number of hydrogen-bond donors (Lipinski definition) is 1. The second-order valence-electron chi connectivity index (χ2n) is 5.93. The summed E-state index contributed by atoms with van der Waals surface area (Å²) in [6.45, 7) is 7.90. The van der Waals surface area contributed by atoms with E-state index < -0.39 is 11.4 Å². The maximum Gasteiger partial charge on any atom is 0.309 e. The number of carboxylic acids is 1. The van der Waals surface area contributed by atoms with E-state index in [1.54, 1.807) is 25.9 Å². The molecule has 0 aromatic carbocycles. The van der Waals surface area contributed by atoms with Crippen LogP contribution in [-0.2, 0) is 14.3 Å². The van der Waals surface area contributed by atoms with Crippen LogP contribution in [0.4, 0.5) is 0 Å². The van der Waals surface area contributed by atoms with E-state index in [0.717, 1.165) is 26.1 Å². The summed E-state index contributed by atoms with van der Waals surface area (Å²) in [5, 5.41) is 9.09. The van der Waals surface area contributed by atoms with Crippen molar-refractivity contribution in [1.82, 2.24) is 9.80 Å². The molecule has 0 unspecified atom stereocenters. The van der Waals surface area contributed by atoms with Crippen LogP contribution in [0.5, 0.6) is 0 Å². The third-order valence-electron chi connectivity index (χ3n) is 3.72. The van der Waals surface area contributed by atoms with Gasteiger partial charge in [0.25, 0.3) is 0 Å². The van der Waals surface area contributed by atoms with Gasteiger partial charge in [-0.1, -0.05) is 0 Å². The Hall–Kier alpha value is -1.14. The van der Waals surface area contributed by atoms with Gasteiger partial charge in [-0.3, -0.25) is 14.5 Å². The number of amides is 1. The van der Waals surface area contributed by atoms with Gasteiger partial charge in [0.2, 0.25) is 5.91 Å². The van der Waals surface area contributed by atoms with Crippen molar-refractivity contribution in [3.63, 3.8) is 0 Å². The maximum atomic E-state index is 12.2. The third kappa shape index (κ3) is 5.09. The minimum Gasteiger partial charge on any atom is -0.481 e. The smallest absolute Gasteiger partial charge is 0.309 e. The highest BCUT2D eigenvalue weighted by molar-refractivity contribution is 5.84. The van der Waals surface area contributed by atoms with Gasteiger partial charge in [0.15, 0.2) is 0 Å². The first-order valence-electron chi connectivity index (χ1n) is 7.09. The van der Waals surface area contributed by atoms with Gasteiger partial charge < -0.3 is 14.7 Å². The molecule has 0 aromatic heterocycles. The fourth-order valence-corrected chi connectivity index (χ4v) is 2.23. The fourth-order valence-electron chi connectivity index (χ4n) is 2.23. The van der Waals surface area contributed by atoms with Crippen LogP contribution in [0.15, 0.2) is 0 Å². The standard InChI is InChI=1S/C14H26N2O4/c1-14(2,13(18)19)11-12(17)16-6-4-5-15(7-8-16)9-10-20-3/h4-11H2,1-3H3,(H,18,19). The van der Waals surface area contributed by atoms with Gasteiger partial charge in [0.05, 0.1) is 12.0 Å². The van der Waals surface area contributed by atoms with E-state index in [-0.39, 0.29) is 12.3 Å². The number of carbonyl (C=O) groups is 2. The van der Waals surface area contributed by atoms with Crippen molar-refractivity contribution >= 4 is 11.9 Å². The second-order valence-corrected chi connectivity index (χ2v) is 5.93. The van der Waals surface area contributed by atoms with Crippen molar-refractivity contribution in [2.75, 3.05) is 46.4 Å². The Morgan fingerprint density at radius 3 is 2.50 bits per heavy atom. The number of rotatable bonds is 6. The summed E-state index contributed by atoms with van der Waals surface area (Å²) in [4.78, 5) is 27.4. The van der Waals surface area contributed by atoms with E-state index in [1.807, 2.05) is 0 Å². The monoisotopic (exact) mass is 286 g/mol. The maximum absolute atomic E-state index is 12.2. The lowest BCUT2D eigenvalue weighted by molar-refractivity contribution is -0.151. The summed E-state index contributed by atoms with van der Waals surface area (Å²) < 4.78 is 5.06. The van der Waals surface area contributed by atoms with Gasteiger partial charge in [0, 0.05) is 39.7 Å². The number of ether oxygens (including phenoxy) is 1. The first-order valence-corrected chi connectivity index (χ1v) is 7.09. The Balaban J connectivity index is 2.48. The molecule has 0 spiro atoms. The zero-order valence-electron chi connectivity index (χ0n) is 12.7. The predicted molar refractivity (Wildman–Crippen MR) is 75.5 cm³/mol. The number of nitrogens with zero attached hydrogens (tertiary/aromatic N) is 2. The molecule has 1 rings (SSSR count). The normalized spacial score (nSPS) is 17.9. The van der Waals surface area contributed by atoms with E-state index in [4.69, 9.17) is 9.84 Å². The van der Waals surface area contributed by atoms with Crippen molar-refractivity contribution in [2.45, 2.75) is 26.7 Å². The average molecular weight is 286 g/mol.